The van der Waals surface area contributed by atoms with Gasteiger partial charge in [-0.2, -0.15) is 0 Å². The minimum Gasteiger partial charge on any atom is -0.375 e. The predicted octanol–water partition coefficient (Wildman–Crippen LogP) is 0.185. The van der Waals surface area contributed by atoms with Gasteiger partial charge in [0.15, 0.2) is 0 Å². The number of rotatable bonds is 3. The molecule has 15 heavy (non-hydrogen) atoms. The zero-order valence-electron chi connectivity index (χ0n) is 9.82. The fraction of sp³-hybridized carbons (Fsp3) is 0.909. The molecule has 2 aliphatic rings. The van der Waals surface area contributed by atoms with Crippen LogP contribution >= 0.6 is 0 Å². The highest BCUT2D eigenvalue weighted by Crippen LogP contribution is 2.40. The number of carbonyl (C=O) groups excluding carboxylic acids is 1. The lowest BCUT2D eigenvalue weighted by Crippen LogP contribution is -2.74. The molecule has 0 aromatic carbocycles. The summed E-state index contributed by atoms with van der Waals surface area (Å²) in [5.74, 6) is 0.131. The van der Waals surface area contributed by atoms with Gasteiger partial charge in [-0.05, 0) is 13.8 Å². The van der Waals surface area contributed by atoms with Crippen LogP contribution in [0.5, 0.6) is 0 Å². The third-order valence-electron chi connectivity index (χ3n) is 3.48. The second-order valence-corrected chi connectivity index (χ2v) is 5.18. The van der Waals surface area contributed by atoms with Crippen molar-refractivity contribution in [3.8, 4) is 0 Å². The molecule has 2 rings (SSSR count). The summed E-state index contributed by atoms with van der Waals surface area (Å²) in [4.78, 5) is 15.8. The molecule has 0 N–H and O–H groups in total. The van der Waals surface area contributed by atoms with Crippen molar-refractivity contribution in [2.24, 2.45) is 5.41 Å². The van der Waals surface area contributed by atoms with Crippen molar-refractivity contribution in [3.05, 3.63) is 0 Å². The summed E-state index contributed by atoms with van der Waals surface area (Å²) in [6.45, 7) is 8.84. The molecule has 1 spiro atoms. The first-order valence-electron chi connectivity index (χ1n) is 5.57. The van der Waals surface area contributed by atoms with Gasteiger partial charge in [-0.3, -0.25) is 9.69 Å². The van der Waals surface area contributed by atoms with Crippen LogP contribution in [0.4, 0.5) is 0 Å². The molecule has 86 valence electrons. The summed E-state index contributed by atoms with van der Waals surface area (Å²) in [5.41, 5.74) is 0.424. The maximum Gasteiger partial charge on any atom is 0.248 e. The highest BCUT2D eigenvalue weighted by Gasteiger charge is 2.53. The fourth-order valence-electron chi connectivity index (χ4n) is 2.54. The lowest BCUT2D eigenvalue weighted by molar-refractivity contribution is -0.165. The second kappa shape index (κ2) is 3.76. The summed E-state index contributed by atoms with van der Waals surface area (Å²) in [6.07, 6.45) is 0. The van der Waals surface area contributed by atoms with Gasteiger partial charge < -0.3 is 9.64 Å². The molecule has 0 aliphatic carbocycles. The molecule has 2 fully saturated rings. The topological polar surface area (TPSA) is 32.8 Å². The molecule has 0 aromatic rings. The van der Waals surface area contributed by atoms with Crippen molar-refractivity contribution in [2.75, 3.05) is 39.9 Å². The van der Waals surface area contributed by atoms with Gasteiger partial charge in [0, 0.05) is 44.7 Å². The zero-order valence-corrected chi connectivity index (χ0v) is 9.82. The van der Waals surface area contributed by atoms with Crippen molar-refractivity contribution in [1.82, 2.24) is 9.80 Å². The second-order valence-electron chi connectivity index (χ2n) is 5.18. The van der Waals surface area contributed by atoms with E-state index in [1.807, 2.05) is 4.90 Å². The first-order chi connectivity index (χ1) is 7.06. The normalized spacial score (nSPS) is 24.1. The molecule has 4 heteroatoms. The van der Waals surface area contributed by atoms with Gasteiger partial charge in [-0.15, -0.1) is 0 Å². The number of nitrogens with zero attached hydrogens (tertiary/aromatic N) is 2. The lowest BCUT2D eigenvalue weighted by atomic mass is 9.72. The molecule has 0 bridgehead atoms. The Morgan fingerprint density at radius 3 is 2.40 bits per heavy atom. The van der Waals surface area contributed by atoms with Crippen LogP contribution in [0.15, 0.2) is 0 Å². The lowest BCUT2D eigenvalue weighted by Gasteiger charge is -2.61. The number of methoxy groups -OCH3 is 1. The van der Waals surface area contributed by atoms with E-state index in [0.29, 0.717) is 11.5 Å². The number of likely N-dealkylation sites (tertiary alicyclic amines) is 2. The first kappa shape index (κ1) is 10.9. The summed E-state index contributed by atoms with van der Waals surface area (Å²) in [5, 5.41) is 0. The summed E-state index contributed by atoms with van der Waals surface area (Å²) < 4.78 is 4.84. The Balaban J connectivity index is 1.73. The van der Waals surface area contributed by atoms with Gasteiger partial charge in [-0.1, -0.05) is 0 Å². The molecular formula is C11H20N2O2. The van der Waals surface area contributed by atoms with E-state index in [9.17, 15) is 4.79 Å². The minimum absolute atomic E-state index is 0.131. The van der Waals surface area contributed by atoms with E-state index in [0.717, 1.165) is 26.2 Å². The highest BCUT2D eigenvalue weighted by molar-refractivity contribution is 5.78. The number of hydrogen-bond donors (Lipinski definition) is 0. The Labute approximate surface area is 91.2 Å². The number of amides is 1. The van der Waals surface area contributed by atoms with E-state index in [1.54, 1.807) is 7.11 Å². The monoisotopic (exact) mass is 212 g/mol. The van der Waals surface area contributed by atoms with Crippen LogP contribution in [0.1, 0.15) is 13.8 Å². The van der Waals surface area contributed by atoms with Gasteiger partial charge in [0.25, 0.3) is 0 Å². The SMILES string of the molecule is COCC(=O)N1CC2(C1)CN(C(C)C)C2. The van der Waals surface area contributed by atoms with Crippen molar-refractivity contribution >= 4 is 5.91 Å². The van der Waals surface area contributed by atoms with Crippen LogP contribution in [-0.2, 0) is 9.53 Å². The molecule has 1 amide bonds. The number of ether oxygens (including phenoxy) is 1. The van der Waals surface area contributed by atoms with Gasteiger partial charge >= 0.3 is 0 Å². The molecule has 2 saturated heterocycles. The van der Waals surface area contributed by atoms with Crippen LogP contribution in [0, 0.1) is 5.41 Å². The van der Waals surface area contributed by atoms with Gasteiger partial charge in [0.05, 0.1) is 0 Å². The van der Waals surface area contributed by atoms with E-state index < -0.39 is 0 Å². The Hall–Kier alpha value is -0.610. The smallest absolute Gasteiger partial charge is 0.248 e. The predicted molar refractivity (Wildman–Crippen MR) is 57.6 cm³/mol. The summed E-state index contributed by atoms with van der Waals surface area (Å²) in [7, 11) is 1.57. The summed E-state index contributed by atoms with van der Waals surface area (Å²) in [6, 6.07) is 0.638. The Morgan fingerprint density at radius 1 is 1.33 bits per heavy atom. The summed E-state index contributed by atoms with van der Waals surface area (Å²) >= 11 is 0. The standard InChI is InChI=1S/C11H20N2O2/c1-9(2)12-5-11(6-12)7-13(8-11)10(14)4-15-3/h9H,4-8H2,1-3H3. The largest absolute Gasteiger partial charge is 0.375 e. The van der Waals surface area contributed by atoms with Gasteiger partial charge in [0.1, 0.15) is 6.61 Å². The molecular weight excluding hydrogens is 192 g/mol. The molecule has 0 radical (unpaired) electrons. The van der Waals surface area contributed by atoms with E-state index >= 15 is 0 Å². The number of hydrogen-bond acceptors (Lipinski definition) is 3. The highest BCUT2D eigenvalue weighted by atomic mass is 16.5. The first-order valence-corrected chi connectivity index (χ1v) is 5.57. The molecule has 0 atom stereocenters. The molecule has 0 unspecified atom stereocenters. The third kappa shape index (κ3) is 1.88. The van der Waals surface area contributed by atoms with Crippen LogP contribution in [0.25, 0.3) is 0 Å². The van der Waals surface area contributed by atoms with Crippen molar-refractivity contribution in [3.63, 3.8) is 0 Å². The fourth-order valence-corrected chi connectivity index (χ4v) is 2.54. The Bertz CT molecular complexity index is 251. The van der Waals surface area contributed by atoms with Crippen molar-refractivity contribution in [2.45, 2.75) is 19.9 Å². The van der Waals surface area contributed by atoms with Crippen LogP contribution in [0.3, 0.4) is 0 Å². The maximum absolute atomic E-state index is 11.5. The van der Waals surface area contributed by atoms with Crippen LogP contribution in [0.2, 0.25) is 0 Å². The van der Waals surface area contributed by atoms with Crippen LogP contribution in [-0.4, -0.2) is 61.6 Å². The Morgan fingerprint density at radius 2 is 1.93 bits per heavy atom. The third-order valence-corrected chi connectivity index (χ3v) is 3.48. The molecule has 4 nitrogen and oxygen atoms in total. The van der Waals surface area contributed by atoms with Crippen molar-refractivity contribution < 1.29 is 9.53 Å². The molecule has 0 aromatic heterocycles. The molecule has 2 aliphatic heterocycles. The van der Waals surface area contributed by atoms with E-state index in [2.05, 4.69) is 18.7 Å². The average Bonchev–Trinajstić information content (AvgIpc) is 1.98. The van der Waals surface area contributed by atoms with Gasteiger partial charge in [0.2, 0.25) is 5.91 Å². The Kier molecular flexibility index (Phi) is 2.73. The van der Waals surface area contributed by atoms with E-state index in [1.165, 1.54) is 0 Å². The van der Waals surface area contributed by atoms with Gasteiger partial charge in [-0.25, -0.2) is 0 Å². The quantitative estimate of drug-likeness (QED) is 0.669. The molecule has 0 saturated carbocycles. The minimum atomic E-state index is 0.131. The zero-order chi connectivity index (χ0) is 11.1. The van der Waals surface area contributed by atoms with Crippen molar-refractivity contribution in [1.29, 1.82) is 0 Å². The number of carbonyl (C=O) groups is 1. The van der Waals surface area contributed by atoms with E-state index in [-0.39, 0.29) is 12.5 Å². The average molecular weight is 212 g/mol. The van der Waals surface area contributed by atoms with Crippen LogP contribution < -0.4 is 0 Å². The maximum atomic E-state index is 11.5. The molecule has 2 heterocycles. The van der Waals surface area contributed by atoms with E-state index in [4.69, 9.17) is 4.74 Å².